The van der Waals surface area contributed by atoms with Crippen LogP contribution in [0.25, 0.3) is 0 Å². The fourth-order valence-corrected chi connectivity index (χ4v) is 7.20. The fourth-order valence-electron chi connectivity index (χ4n) is 4.76. The summed E-state index contributed by atoms with van der Waals surface area (Å²) in [6.45, 7) is 11.4. The highest BCUT2D eigenvalue weighted by Crippen LogP contribution is 2.34. The van der Waals surface area contributed by atoms with Crippen LogP contribution in [0.3, 0.4) is 0 Å². The van der Waals surface area contributed by atoms with Crippen LogP contribution in [0.1, 0.15) is 38.1 Å². The van der Waals surface area contributed by atoms with E-state index in [9.17, 15) is 14.4 Å². The number of ether oxygens (including phenoxy) is 2. The Kier molecular flexibility index (Phi) is 8.98. The molecule has 202 valence electrons. The van der Waals surface area contributed by atoms with Crippen molar-refractivity contribution in [3.05, 3.63) is 103 Å². The number of esters is 1. The van der Waals surface area contributed by atoms with Gasteiger partial charge < -0.3 is 9.47 Å². The maximum atomic E-state index is 13.8. The molecule has 3 atom stereocenters. The van der Waals surface area contributed by atoms with E-state index in [1.165, 1.54) is 0 Å². The van der Waals surface area contributed by atoms with E-state index >= 15 is 0 Å². The van der Waals surface area contributed by atoms with Gasteiger partial charge in [-0.05, 0) is 55.2 Å². The number of hydrogen-bond acceptors (Lipinski definition) is 5. The zero-order chi connectivity index (χ0) is 28.1. The standard InChI is InChI=1S/C32H34NO5P/c1-21(2)27-20-37-32(36)33(27)30(34)23(5)29(22(3)4)38-31(35)26-18-12-13-19-28(26)39(24-14-8-6-9-15-24)25-16-10-7-11-17-25/h6-19,21,23,27,29H,3,20H2,1-2,4-5H3. The Morgan fingerprint density at radius 1 is 0.923 bits per heavy atom. The van der Waals surface area contributed by atoms with Gasteiger partial charge in [-0.1, -0.05) is 99.3 Å². The van der Waals surface area contributed by atoms with Crippen LogP contribution in [0.5, 0.6) is 0 Å². The average Bonchev–Trinajstić information content (AvgIpc) is 3.34. The topological polar surface area (TPSA) is 72.9 Å². The molecule has 0 bridgehead atoms. The summed E-state index contributed by atoms with van der Waals surface area (Å²) in [7, 11) is -1.05. The number of carbonyl (C=O) groups is 3. The minimum atomic E-state index is -1.05. The lowest BCUT2D eigenvalue weighted by Crippen LogP contribution is -2.47. The van der Waals surface area contributed by atoms with Crippen molar-refractivity contribution in [2.75, 3.05) is 6.61 Å². The van der Waals surface area contributed by atoms with Crippen molar-refractivity contribution in [1.29, 1.82) is 0 Å². The largest absolute Gasteiger partial charge is 0.453 e. The highest BCUT2D eigenvalue weighted by molar-refractivity contribution is 7.80. The van der Waals surface area contributed by atoms with Crippen LogP contribution in [0.15, 0.2) is 97.1 Å². The third-order valence-electron chi connectivity index (χ3n) is 6.87. The Balaban J connectivity index is 1.66. The van der Waals surface area contributed by atoms with Crippen LogP contribution in [-0.4, -0.2) is 41.6 Å². The molecule has 3 aromatic rings. The van der Waals surface area contributed by atoms with E-state index in [-0.39, 0.29) is 18.6 Å². The number of hydrogen-bond donors (Lipinski definition) is 0. The number of rotatable bonds is 9. The molecule has 0 aliphatic carbocycles. The van der Waals surface area contributed by atoms with Crippen LogP contribution >= 0.6 is 7.92 Å². The second kappa shape index (κ2) is 12.4. The zero-order valence-corrected chi connectivity index (χ0v) is 23.6. The molecule has 0 N–H and O–H groups in total. The SMILES string of the molecule is C=C(C)C(OC(=O)c1ccccc1P(c1ccccc1)c1ccccc1)C(C)C(=O)N1C(=O)OCC1C(C)C. The maximum Gasteiger partial charge on any atom is 0.416 e. The van der Waals surface area contributed by atoms with E-state index in [2.05, 4.69) is 30.8 Å². The van der Waals surface area contributed by atoms with Gasteiger partial charge in [0.15, 0.2) is 0 Å². The van der Waals surface area contributed by atoms with E-state index in [0.717, 1.165) is 20.8 Å². The fraction of sp³-hybridized carbons (Fsp3) is 0.281. The summed E-state index contributed by atoms with van der Waals surface area (Å²) in [5.41, 5.74) is 0.951. The molecule has 1 aliphatic heterocycles. The predicted octanol–water partition coefficient (Wildman–Crippen LogP) is 5.19. The minimum absolute atomic E-state index is 0.0283. The van der Waals surface area contributed by atoms with Crippen molar-refractivity contribution in [1.82, 2.24) is 4.90 Å². The van der Waals surface area contributed by atoms with Gasteiger partial charge in [-0.15, -0.1) is 0 Å². The first kappa shape index (κ1) is 28.3. The first-order chi connectivity index (χ1) is 18.7. The molecule has 0 aromatic heterocycles. The van der Waals surface area contributed by atoms with Crippen molar-refractivity contribution in [3.8, 4) is 0 Å². The summed E-state index contributed by atoms with van der Waals surface area (Å²) in [6.07, 6.45) is -1.59. The summed E-state index contributed by atoms with van der Waals surface area (Å²) < 4.78 is 11.2. The highest BCUT2D eigenvalue weighted by atomic mass is 31.1. The minimum Gasteiger partial charge on any atom is -0.453 e. The van der Waals surface area contributed by atoms with Crippen LogP contribution in [0, 0.1) is 11.8 Å². The van der Waals surface area contributed by atoms with E-state index in [1.807, 2.05) is 62.4 Å². The molecule has 39 heavy (non-hydrogen) atoms. The van der Waals surface area contributed by atoms with Crippen LogP contribution < -0.4 is 15.9 Å². The van der Waals surface area contributed by atoms with Gasteiger partial charge >= 0.3 is 12.1 Å². The number of imide groups is 1. The average molecular weight is 544 g/mol. The maximum absolute atomic E-state index is 13.8. The lowest BCUT2D eigenvalue weighted by molar-refractivity contribution is -0.136. The molecule has 3 aromatic carbocycles. The Morgan fingerprint density at radius 3 is 2.00 bits per heavy atom. The summed E-state index contributed by atoms with van der Waals surface area (Å²) in [5.74, 6) is -1.78. The number of amides is 2. The Morgan fingerprint density at radius 2 is 1.46 bits per heavy atom. The van der Waals surface area contributed by atoms with Gasteiger partial charge in [0.05, 0.1) is 17.5 Å². The van der Waals surface area contributed by atoms with Gasteiger partial charge in [-0.25, -0.2) is 14.5 Å². The van der Waals surface area contributed by atoms with E-state index in [0.29, 0.717) is 11.1 Å². The zero-order valence-electron chi connectivity index (χ0n) is 22.7. The second-order valence-corrected chi connectivity index (χ2v) is 12.3. The molecule has 0 radical (unpaired) electrons. The molecule has 7 heteroatoms. The molecule has 0 spiro atoms. The molecule has 6 nitrogen and oxygen atoms in total. The normalized spacial score (nSPS) is 16.6. The first-order valence-electron chi connectivity index (χ1n) is 13.1. The van der Waals surface area contributed by atoms with Gasteiger partial charge in [0.1, 0.15) is 12.7 Å². The van der Waals surface area contributed by atoms with Gasteiger partial charge in [0.25, 0.3) is 0 Å². The predicted molar refractivity (Wildman–Crippen MR) is 155 cm³/mol. The lowest BCUT2D eigenvalue weighted by atomic mass is 9.95. The van der Waals surface area contributed by atoms with Crippen molar-refractivity contribution in [2.45, 2.75) is 39.8 Å². The lowest BCUT2D eigenvalue weighted by Gasteiger charge is -2.30. The number of carbonyl (C=O) groups excluding carboxylic acids is 3. The molecule has 3 unspecified atom stereocenters. The summed E-state index contributed by atoms with van der Waals surface area (Å²) in [5, 5.41) is 3.06. The summed E-state index contributed by atoms with van der Waals surface area (Å²) in [6, 6.07) is 27.3. The Hall–Kier alpha value is -3.76. The van der Waals surface area contributed by atoms with E-state index < -0.39 is 37.9 Å². The second-order valence-electron chi connectivity index (χ2n) is 10.1. The van der Waals surface area contributed by atoms with Gasteiger partial charge in [0.2, 0.25) is 5.91 Å². The first-order valence-corrected chi connectivity index (χ1v) is 14.4. The molecule has 1 aliphatic rings. The number of cyclic esters (lactones) is 1. The molecular weight excluding hydrogens is 509 g/mol. The van der Waals surface area contributed by atoms with Gasteiger partial charge in [0, 0.05) is 0 Å². The number of nitrogens with zero attached hydrogens (tertiary/aromatic N) is 1. The van der Waals surface area contributed by atoms with Crippen LogP contribution in [-0.2, 0) is 14.3 Å². The van der Waals surface area contributed by atoms with E-state index in [1.54, 1.807) is 26.0 Å². The molecule has 1 fully saturated rings. The molecular formula is C32H34NO5P. The van der Waals surface area contributed by atoms with Crippen molar-refractivity contribution in [3.63, 3.8) is 0 Å². The molecule has 1 heterocycles. The highest BCUT2D eigenvalue weighted by Gasteiger charge is 2.43. The summed E-state index contributed by atoms with van der Waals surface area (Å²) >= 11 is 0. The Labute approximate surface area is 231 Å². The summed E-state index contributed by atoms with van der Waals surface area (Å²) in [4.78, 5) is 40.8. The monoisotopic (exact) mass is 543 g/mol. The van der Waals surface area contributed by atoms with Gasteiger partial charge in [-0.2, -0.15) is 0 Å². The van der Waals surface area contributed by atoms with E-state index in [4.69, 9.17) is 9.47 Å². The van der Waals surface area contributed by atoms with Gasteiger partial charge in [-0.3, -0.25) is 4.79 Å². The number of benzene rings is 3. The smallest absolute Gasteiger partial charge is 0.416 e. The van der Waals surface area contributed by atoms with Crippen LogP contribution in [0.4, 0.5) is 4.79 Å². The quantitative estimate of drug-likeness (QED) is 0.211. The van der Waals surface area contributed by atoms with Crippen molar-refractivity contribution in [2.24, 2.45) is 11.8 Å². The molecule has 4 rings (SSSR count). The third kappa shape index (κ3) is 6.12. The third-order valence-corrected chi connectivity index (χ3v) is 9.37. The van der Waals surface area contributed by atoms with Crippen LogP contribution in [0.2, 0.25) is 0 Å². The van der Waals surface area contributed by atoms with Crippen molar-refractivity contribution < 1.29 is 23.9 Å². The Bertz CT molecular complexity index is 1300. The van der Waals surface area contributed by atoms with Crippen molar-refractivity contribution >= 4 is 41.8 Å². The molecule has 2 amide bonds. The molecule has 1 saturated heterocycles. The molecule has 0 saturated carbocycles.